The number of ether oxygens (including phenoxy) is 3. The van der Waals surface area contributed by atoms with Crippen LogP contribution in [0.2, 0.25) is 5.02 Å². The number of alkyl halides is 1. The lowest BCUT2D eigenvalue weighted by Crippen LogP contribution is -2.53. The van der Waals surface area contributed by atoms with Gasteiger partial charge in [0.2, 0.25) is 0 Å². The van der Waals surface area contributed by atoms with Gasteiger partial charge in [0.1, 0.15) is 18.0 Å². The van der Waals surface area contributed by atoms with E-state index in [9.17, 15) is 0 Å². The fourth-order valence-corrected chi connectivity index (χ4v) is 2.42. The Morgan fingerprint density at radius 1 is 1.28 bits per heavy atom. The summed E-state index contributed by atoms with van der Waals surface area (Å²) in [6.45, 7) is 1.08. The summed E-state index contributed by atoms with van der Waals surface area (Å²) in [5.74, 6) is 0.674. The molecule has 0 N–H and O–H groups in total. The average molecular weight is 291 g/mol. The molecular formula is C13H16Cl2O3. The third-order valence-corrected chi connectivity index (χ3v) is 3.63. The number of hydrogen-bond acceptors (Lipinski definition) is 3. The van der Waals surface area contributed by atoms with Crippen molar-refractivity contribution in [2.75, 3.05) is 20.3 Å². The minimum atomic E-state index is -0.0990. The number of methoxy groups -OCH3 is 1. The van der Waals surface area contributed by atoms with E-state index in [2.05, 4.69) is 0 Å². The van der Waals surface area contributed by atoms with E-state index in [1.807, 2.05) is 18.2 Å². The lowest BCUT2D eigenvalue weighted by Gasteiger charge is -2.40. The number of benzene rings is 1. The fraction of sp³-hybridized carbons (Fsp3) is 0.538. The first-order valence-electron chi connectivity index (χ1n) is 5.88. The quantitative estimate of drug-likeness (QED) is 0.595. The summed E-state index contributed by atoms with van der Waals surface area (Å²) in [6.07, 6.45) is 0.632. The minimum absolute atomic E-state index is 0.00524. The van der Waals surface area contributed by atoms with E-state index in [-0.39, 0.29) is 17.6 Å². The highest BCUT2D eigenvalue weighted by molar-refractivity contribution is 6.32. The van der Waals surface area contributed by atoms with E-state index >= 15 is 0 Å². The van der Waals surface area contributed by atoms with Gasteiger partial charge in [-0.25, -0.2) is 0 Å². The Labute approximate surface area is 117 Å². The molecule has 1 aliphatic carbocycles. The van der Waals surface area contributed by atoms with Gasteiger partial charge in [0, 0.05) is 13.5 Å². The number of rotatable bonds is 6. The van der Waals surface area contributed by atoms with Gasteiger partial charge in [0.05, 0.1) is 23.6 Å². The van der Waals surface area contributed by atoms with Crippen molar-refractivity contribution in [3.8, 4) is 5.75 Å². The molecule has 1 aromatic carbocycles. The first-order chi connectivity index (χ1) is 8.72. The van der Waals surface area contributed by atoms with Crippen LogP contribution in [-0.4, -0.2) is 37.9 Å². The topological polar surface area (TPSA) is 27.7 Å². The van der Waals surface area contributed by atoms with Crippen molar-refractivity contribution in [3.63, 3.8) is 0 Å². The molecule has 1 fully saturated rings. The van der Waals surface area contributed by atoms with Crippen molar-refractivity contribution in [2.45, 2.75) is 24.0 Å². The van der Waals surface area contributed by atoms with Gasteiger partial charge in [-0.3, -0.25) is 0 Å². The molecule has 18 heavy (non-hydrogen) atoms. The third kappa shape index (κ3) is 3.29. The molecule has 0 amide bonds. The molecule has 0 heterocycles. The summed E-state index contributed by atoms with van der Waals surface area (Å²) in [7, 11) is 1.64. The second kappa shape index (κ2) is 6.62. The molecule has 0 saturated heterocycles. The van der Waals surface area contributed by atoms with Crippen molar-refractivity contribution < 1.29 is 14.2 Å². The molecule has 2 rings (SSSR count). The first-order valence-corrected chi connectivity index (χ1v) is 6.69. The first kappa shape index (κ1) is 13.9. The Morgan fingerprint density at radius 3 is 2.72 bits per heavy atom. The summed E-state index contributed by atoms with van der Waals surface area (Å²) in [6, 6.07) is 7.40. The smallest absolute Gasteiger partial charge is 0.138 e. The SMILES string of the molecule is COCCOC1C(Cl)CC1Oc1ccccc1Cl. The molecule has 1 aromatic rings. The van der Waals surface area contributed by atoms with Crippen LogP contribution in [0.3, 0.4) is 0 Å². The maximum Gasteiger partial charge on any atom is 0.138 e. The maximum absolute atomic E-state index is 6.12. The van der Waals surface area contributed by atoms with Crippen molar-refractivity contribution in [1.29, 1.82) is 0 Å². The van der Waals surface area contributed by atoms with Crippen molar-refractivity contribution in [1.82, 2.24) is 0 Å². The van der Waals surface area contributed by atoms with E-state index < -0.39 is 0 Å². The second-order valence-corrected chi connectivity index (χ2v) is 5.13. The molecule has 0 radical (unpaired) electrons. The molecular weight excluding hydrogens is 275 g/mol. The van der Waals surface area contributed by atoms with Gasteiger partial charge in [0.25, 0.3) is 0 Å². The van der Waals surface area contributed by atoms with Crippen LogP contribution in [0.5, 0.6) is 5.75 Å². The van der Waals surface area contributed by atoms with Crippen LogP contribution in [0.4, 0.5) is 0 Å². The predicted octanol–water partition coefficient (Wildman–Crippen LogP) is 3.13. The zero-order valence-corrected chi connectivity index (χ0v) is 11.7. The molecule has 0 bridgehead atoms. The van der Waals surface area contributed by atoms with E-state index in [0.29, 0.717) is 24.0 Å². The highest BCUT2D eigenvalue weighted by Gasteiger charge is 2.43. The Hall–Kier alpha value is -0.480. The molecule has 1 aliphatic rings. The third-order valence-electron chi connectivity index (χ3n) is 2.89. The van der Waals surface area contributed by atoms with Crippen molar-refractivity contribution in [2.24, 2.45) is 0 Å². The van der Waals surface area contributed by atoms with Gasteiger partial charge < -0.3 is 14.2 Å². The molecule has 3 unspecified atom stereocenters. The van der Waals surface area contributed by atoms with Crippen LogP contribution in [0.15, 0.2) is 24.3 Å². The summed E-state index contributed by atoms with van der Waals surface area (Å²) in [4.78, 5) is 0. The van der Waals surface area contributed by atoms with Gasteiger partial charge >= 0.3 is 0 Å². The molecule has 0 aromatic heterocycles. The highest BCUT2D eigenvalue weighted by Crippen LogP contribution is 2.35. The lowest BCUT2D eigenvalue weighted by molar-refractivity contribution is -0.0898. The van der Waals surface area contributed by atoms with Crippen LogP contribution >= 0.6 is 23.2 Å². The van der Waals surface area contributed by atoms with Crippen LogP contribution in [0.1, 0.15) is 6.42 Å². The zero-order chi connectivity index (χ0) is 13.0. The Morgan fingerprint density at radius 2 is 2.06 bits per heavy atom. The Balaban J connectivity index is 1.88. The van der Waals surface area contributed by atoms with Gasteiger partial charge in [-0.15, -0.1) is 11.6 Å². The van der Waals surface area contributed by atoms with Crippen LogP contribution in [-0.2, 0) is 9.47 Å². The molecule has 5 heteroatoms. The predicted molar refractivity (Wildman–Crippen MR) is 71.7 cm³/mol. The molecule has 100 valence electrons. The minimum Gasteiger partial charge on any atom is -0.486 e. The van der Waals surface area contributed by atoms with Crippen molar-refractivity contribution >= 4 is 23.2 Å². The standard InChI is InChI=1S/C13H16Cl2O3/c1-16-6-7-17-13-10(15)8-12(13)18-11-5-3-2-4-9(11)14/h2-5,10,12-13H,6-8H2,1H3. The van der Waals surface area contributed by atoms with Crippen LogP contribution in [0, 0.1) is 0 Å². The molecule has 0 aliphatic heterocycles. The van der Waals surface area contributed by atoms with E-state index in [1.165, 1.54) is 0 Å². The molecule has 3 nitrogen and oxygen atoms in total. The monoisotopic (exact) mass is 290 g/mol. The van der Waals surface area contributed by atoms with Crippen molar-refractivity contribution in [3.05, 3.63) is 29.3 Å². The summed E-state index contributed by atoms with van der Waals surface area (Å²) in [5, 5.41) is 0.598. The highest BCUT2D eigenvalue weighted by atomic mass is 35.5. The average Bonchev–Trinajstić information content (AvgIpc) is 2.36. The number of halogens is 2. The molecule has 1 saturated carbocycles. The van der Waals surface area contributed by atoms with Gasteiger partial charge in [-0.1, -0.05) is 23.7 Å². The second-order valence-electron chi connectivity index (χ2n) is 4.17. The summed E-state index contributed by atoms with van der Waals surface area (Å²) in [5.41, 5.74) is 0. The zero-order valence-electron chi connectivity index (χ0n) is 10.1. The van der Waals surface area contributed by atoms with Gasteiger partial charge in [0.15, 0.2) is 0 Å². The molecule has 3 atom stereocenters. The van der Waals surface area contributed by atoms with E-state index in [0.717, 1.165) is 6.42 Å². The van der Waals surface area contributed by atoms with Gasteiger partial charge in [-0.05, 0) is 12.1 Å². The van der Waals surface area contributed by atoms with Crippen LogP contribution < -0.4 is 4.74 Å². The number of para-hydroxylation sites is 1. The Bertz CT molecular complexity index is 386. The maximum atomic E-state index is 6.12. The Kier molecular flexibility index (Phi) is 5.13. The normalized spacial score (nSPS) is 26.7. The summed E-state index contributed by atoms with van der Waals surface area (Å²) < 4.78 is 16.4. The van der Waals surface area contributed by atoms with E-state index in [4.69, 9.17) is 37.4 Å². The fourth-order valence-electron chi connectivity index (χ4n) is 1.83. The summed E-state index contributed by atoms with van der Waals surface area (Å²) >= 11 is 12.2. The van der Waals surface area contributed by atoms with E-state index in [1.54, 1.807) is 13.2 Å². The molecule has 0 spiro atoms. The van der Waals surface area contributed by atoms with Crippen LogP contribution in [0.25, 0.3) is 0 Å². The largest absolute Gasteiger partial charge is 0.486 e. The number of hydrogen-bond donors (Lipinski definition) is 0. The van der Waals surface area contributed by atoms with Gasteiger partial charge in [-0.2, -0.15) is 0 Å². The lowest BCUT2D eigenvalue weighted by atomic mass is 9.91.